The van der Waals surface area contributed by atoms with Gasteiger partial charge in [0.25, 0.3) is 5.56 Å². The number of aryl methyl sites for hydroxylation is 1. The standard InChI is InChI=1S/C15H21F3N2O/c1-2-19-13-5-3-4-11(13)8-9-20-10-12(15(16,17)18)6-7-14(20)21/h6-7,10-11,13,19H,2-5,8-9H2,1H3. The number of alkyl halides is 3. The lowest BCUT2D eigenvalue weighted by Crippen LogP contribution is -2.33. The zero-order valence-corrected chi connectivity index (χ0v) is 12.1. The van der Waals surface area contributed by atoms with E-state index in [-0.39, 0.29) is 5.56 Å². The fraction of sp³-hybridized carbons (Fsp3) is 0.667. The van der Waals surface area contributed by atoms with Crippen LogP contribution >= 0.6 is 0 Å². The average molecular weight is 302 g/mol. The van der Waals surface area contributed by atoms with Gasteiger partial charge in [-0.15, -0.1) is 0 Å². The third-order valence-electron chi connectivity index (χ3n) is 4.18. The monoisotopic (exact) mass is 302 g/mol. The molecule has 2 atom stereocenters. The van der Waals surface area contributed by atoms with Crippen molar-refractivity contribution in [3.8, 4) is 0 Å². The number of nitrogens with one attached hydrogen (secondary N) is 1. The molecule has 118 valence electrons. The molecule has 1 N–H and O–H groups in total. The van der Waals surface area contributed by atoms with Crippen molar-refractivity contribution in [2.75, 3.05) is 6.54 Å². The lowest BCUT2D eigenvalue weighted by Gasteiger charge is -2.21. The summed E-state index contributed by atoms with van der Waals surface area (Å²) >= 11 is 0. The zero-order chi connectivity index (χ0) is 15.5. The minimum Gasteiger partial charge on any atom is -0.315 e. The molecule has 0 amide bonds. The third-order valence-corrected chi connectivity index (χ3v) is 4.18. The van der Waals surface area contributed by atoms with Gasteiger partial charge in [-0.05, 0) is 37.8 Å². The highest BCUT2D eigenvalue weighted by molar-refractivity contribution is 5.13. The largest absolute Gasteiger partial charge is 0.417 e. The second-order valence-electron chi connectivity index (χ2n) is 5.59. The highest BCUT2D eigenvalue weighted by Crippen LogP contribution is 2.30. The molecule has 0 radical (unpaired) electrons. The lowest BCUT2D eigenvalue weighted by atomic mass is 9.99. The van der Waals surface area contributed by atoms with Crippen LogP contribution in [0.15, 0.2) is 23.1 Å². The molecule has 6 heteroatoms. The van der Waals surface area contributed by atoms with Crippen molar-refractivity contribution in [2.24, 2.45) is 5.92 Å². The van der Waals surface area contributed by atoms with Crippen LogP contribution < -0.4 is 10.9 Å². The van der Waals surface area contributed by atoms with E-state index in [1.54, 1.807) is 0 Å². The van der Waals surface area contributed by atoms with Crippen LogP contribution in [-0.4, -0.2) is 17.2 Å². The topological polar surface area (TPSA) is 34.0 Å². The quantitative estimate of drug-likeness (QED) is 0.907. The highest BCUT2D eigenvalue weighted by Gasteiger charge is 2.31. The van der Waals surface area contributed by atoms with Crippen LogP contribution in [0.25, 0.3) is 0 Å². The Bertz CT molecular complexity index is 524. The normalized spacial score (nSPS) is 22.7. The molecule has 1 saturated carbocycles. The molecular formula is C15H21F3N2O. The first-order valence-electron chi connectivity index (χ1n) is 7.43. The van der Waals surface area contributed by atoms with E-state index < -0.39 is 11.7 Å². The molecule has 1 aliphatic carbocycles. The van der Waals surface area contributed by atoms with Gasteiger partial charge >= 0.3 is 6.18 Å². The maximum atomic E-state index is 12.7. The molecule has 1 heterocycles. The minimum atomic E-state index is -4.41. The summed E-state index contributed by atoms with van der Waals surface area (Å²) in [4.78, 5) is 11.7. The summed E-state index contributed by atoms with van der Waals surface area (Å²) in [6.45, 7) is 3.28. The summed E-state index contributed by atoms with van der Waals surface area (Å²) < 4.78 is 39.2. The summed E-state index contributed by atoms with van der Waals surface area (Å²) in [6, 6.07) is 2.27. The molecule has 2 rings (SSSR count). The molecule has 1 fully saturated rings. The predicted octanol–water partition coefficient (Wildman–Crippen LogP) is 3.04. The van der Waals surface area contributed by atoms with Crippen LogP contribution in [-0.2, 0) is 12.7 Å². The van der Waals surface area contributed by atoms with Gasteiger partial charge < -0.3 is 9.88 Å². The SMILES string of the molecule is CCNC1CCCC1CCn1cc(C(F)(F)F)ccc1=O. The highest BCUT2D eigenvalue weighted by atomic mass is 19.4. The van der Waals surface area contributed by atoms with Gasteiger partial charge in [-0.1, -0.05) is 13.3 Å². The number of nitrogens with zero attached hydrogens (tertiary/aromatic N) is 1. The molecule has 1 aliphatic rings. The Morgan fingerprint density at radius 1 is 1.33 bits per heavy atom. The van der Waals surface area contributed by atoms with E-state index in [0.29, 0.717) is 18.5 Å². The maximum absolute atomic E-state index is 12.7. The first kappa shape index (κ1) is 16.1. The molecule has 0 bridgehead atoms. The summed E-state index contributed by atoms with van der Waals surface area (Å²) in [6.07, 6.45) is 0.578. The Morgan fingerprint density at radius 2 is 2.10 bits per heavy atom. The predicted molar refractivity (Wildman–Crippen MR) is 75.1 cm³/mol. The van der Waals surface area contributed by atoms with Crippen LogP contribution in [0.3, 0.4) is 0 Å². The lowest BCUT2D eigenvalue weighted by molar-refractivity contribution is -0.138. The molecule has 0 saturated heterocycles. The first-order valence-corrected chi connectivity index (χ1v) is 7.43. The number of hydrogen-bond donors (Lipinski definition) is 1. The Balaban J connectivity index is 2.04. The van der Waals surface area contributed by atoms with Gasteiger partial charge in [0, 0.05) is 24.8 Å². The van der Waals surface area contributed by atoms with E-state index >= 15 is 0 Å². The summed E-state index contributed by atoms with van der Waals surface area (Å²) in [5, 5.41) is 3.41. The van der Waals surface area contributed by atoms with Crippen molar-refractivity contribution in [3.05, 3.63) is 34.2 Å². The van der Waals surface area contributed by atoms with Crippen LogP contribution in [0.1, 0.15) is 38.2 Å². The second-order valence-corrected chi connectivity index (χ2v) is 5.59. The Labute approximate surface area is 122 Å². The van der Waals surface area contributed by atoms with E-state index in [4.69, 9.17) is 0 Å². The number of hydrogen-bond acceptors (Lipinski definition) is 2. The second kappa shape index (κ2) is 6.64. The molecule has 0 spiro atoms. The van der Waals surface area contributed by atoms with Gasteiger partial charge in [-0.25, -0.2) is 0 Å². The number of aromatic nitrogens is 1. The van der Waals surface area contributed by atoms with Crippen LogP contribution in [0.4, 0.5) is 13.2 Å². The van der Waals surface area contributed by atoms with Gasteiger partial charge in [0.05, 0.1) is 5.56 Å². The van der Waals surface area contributed by atoms with Crippen molar-refractivity contribution in [2.45, 2.75) is 51.4 Å². The van der Waals surface area contributed by atoms with Gasteiger partial charge in [0.15, 0.2) is 0 Å². The van der Waals surface area contributed by atoms with Crippen molar-refractivity contribution in [3.63, 3.8) is 0 Å². The van der Waals surface area contributed by atoms with Gasteiger partial charge in [-0.3, -0.25) is 4.79 Å². The molecule has 0 aliphatic heterocycles. The van der Waals surface area contributed by atoms with Crippen molar-refractivity contribution in [1.82, 2.24) is 9.88 Å². The molecular weight excluding hydrogens is 281 g/mol. The van der Waals surface area contributed by atoms with E-state index in [1.807, 2.05) is 6.92 Å². The van der Waals surface area contributed by atoms with Gasteiger partial charge in [0.2, 0.25) is 0 Å². The maximum Gasteiger partial charge on any atom is 0.417 e. The number of rotatable bonds is 5. The van der Waals surface area contributed by atoms with E-state index in [1.165, 1.54) is 4.57 Å². The Morgan fingerprint density at radius 3 is 2.76 bits per heavy atom. The number of pyridine rings is 1. The fourth-order valence-corrected chi connectivity index (χ4v) is 3.09. The molecule has 21 heavy (non-hydrogen) atoms. The third kappa shape index (κ3) is 4.09. The van der Waals surface area contributed by atoms with E-state index in [0.717, 1.165) is 50.6 Å². The summed E-state index contributed by atoms with van der Waals surface area (Å²) in [5.41, 5.74) is -1.14. The molecule has 0 aromatic carbocycles. The van der Waals surface area contributed by atoms with Crippen LogP contribution in [0.5, 0.6) is 0 Å². The van der Waals surface area contributed by atoms with Crippen LogP contribution in [0, 0.1) is 5.92 Å². The summed E-state index contributed by atoms with van der Waals surface area (Å²) in [7, 11) is 0. The zero-order valence-electron chi connectivity index (χ0n) is 12.1. The molecule has 1 aromatic heterocycles. The Hall–Kier alpha value is -1.30. The molecule has 2 unspecified atom stereocenters. The minimum absolute atomic E-state index is 0.343. The fourth-order valence-electron chi connectivity index (χ4n) is 3.09. The van der Waals surface area contributed by atoms with E-state index in [2.05, 4.69) is 5.32 Å². The van der Waals surface area contributed by atoms with Crippen LogP contribution in [0.2, 0.25) is 0 Å². The number of halogens is 3. The van der Waals surface area contributed by atoms with Gasteiger partial charge in [-0.2, -0.15) is 13.2 Å². The first-order chi connectivity index (χ1) is 9.91. The van der Waals surface area contributed by atoms with Crippen molar-refractivity contribution in [1.29, 1.82) is 0 Å². The molecule has 1 aromatic rings. The smallest absolute Gasteiger partial charge is 0.315 e. The average Bonchev–Trinajstić information content (AvgIpc) is 2.84. The van der Waals surface area contributed by atoms with Gasteiger partial charge in [0.1, 0.15) is 0 Å². The molecule has 3 nitrogen and oxygen atoms in total. The summed E-state index contributed by atoms with van der Waals surface area (Å²) in [5.74, 6) is 0.436. The van der Waals surface area contributed by atoms with Crippen molar-refractivity contribution >= 4 is 0 Å². The van der Waals surface area contributed by atoms with Crippen molar-refractivity contribution < 1.29 is 13.2 Å². The Kier molecular flexibility index (Phi) is 5.08. The van der Waals surface area contributed by atoms with E-state index in [9.17, 15) is 18.0 Å².